The SMILES string of the molecule is O=C(I)Nc1nc(-c2cccc(NS(=O)(=O)c3cccc(C#CCO)c3)c2)cs1. The van der Waals surface area contributed by atoms with Crippen LogP contribution in [0.3, 0.4) is 0 Å². The zero-order valence-corrected chi connectivity index (χ0v) is 18.5. The zero-order chi connectivity index (χ0) is 20.9. The number of carbonyl (C=O) groups excluding carboxylic acids is 1. The first-order chi connectivity index (χ1) is 13.9. The molecular weight excluding hydrogens is 525 g/mol. The third-order valence-electron chi connectivity index (χ3n) is 3.58. The number of nitrogens with one attached hydrogen (secondary N) is 2. The van der Waals surface area contributed by atoms with Gasteiger partial charge in [-0.2, -0.15) is 0 Å². The number of thiazole rings is 1. The molecule has 1 heterocycles. The molecule has 3 N–H and O–H groups in total. The number of benzene rings is 2. The number of aliphatic hydroxyl groups excluding tert-OH is 1. The minimum Gasteiger partial charge on any atom is -0.384 e. The quantitative estimate of drug-likeness (QED) is 0.197. The van der Waals surface area contributed by atoms with Gasteiger partial charge in [-0.1, -0.05) is 30.0 Å². The lowest BCUT2D eigenvalue weighted by Gasteiger charge is -2.09. The number of nitrogens with zero attached hydrogens (tertiary/aromatic N) is 1. The Bertz CT molecular complexity index is 1210. The standard InChI is InChI=1S/C19H14IN3O4S2/c20-18(25)22-19-21-17(12-28-19)14-6-2-7-15(11-14)23-29(26,27)16-8-1-4-13(10-16)5-3-9-24/h1-2,4,6-8,10-12,23-24H,9H2,(H,21,22,25). The number of aliphatic hydroxyl groups is 1. The van der Waals surface area contributed by atoms with E-state index in [9.17, 15) is 13.2 Å². The smallest absolute Gasteiger partial charge is 0.286 e. The minimum atomic E-state index is -3.83. The summed E-state index contributed by atoms with van der Waals surface area (Å²) < 4.78 is 27.8. The molecule has 2 aromatic carbocycles. The van der Waals surface area contributed by atoms with E-state index in [1.54, 1.807) is 64.4 Å². The van der Waals surface area contributed by atoms with Crippen molar-refractivity contribution in [3.05, 3.63) is 59.5 Å². The van der Waals surface area contributed by atoms with Crippen molar-refractivity contribution in [1.29, 1.82) is 0 Å². The van der Waals surface area contributed by atoms with Crippen LogP contribution in [-0.2, 0) is 10.0 Å². The second-order valence-electron chi connectivity index (χ2n) is 5.61. The van der Waals surface area contributed by atoms with Crippen LogP contribution in [0.15, 0.2) is 58.8 Å². The van der Waals surface area contributed by atoms with Crippen LogP contribution < -0.4 is 10.0 Å². The maximum absolute atomic E-state index is 12.7. The van der Waals surface area contributed by atoms with Crippen LogP contribution >= 0.6 is 33.9 Å². The molecule has 0 aliphatic heterocycles. The molecule has 0 radical (unpaired) electrons. The lowest BCUT2D eigenvalue weighted by molar-refractivity contribution is 0.272. The number of sulfonamides is 1. The molecule has 0 spiro atoms. The van der Waals surface area contributed by atoms with Crippen molar-refractivity contribution in [3.63, 3.8) is 0 Å². The van der Waals surface area contributed by atoms with Gasteiger partial charge in [-0.05, 0) is 30.3 Å². The molecule has 0 atom stereocenters. The highest BCUT2D eigenvalue weighted by Crippen LogP contribution is 2.28. The summed E-state index contributed by atoms with van der Waals surface area (Å²) in [7, 11) is -3.83. The first kappa shape index (κ1) is 21.3. The Morgan fingerprint density at radius 3 is 2.76 bits per heavy atom. The molecule has 0 saturated heterocycles. The van der Waals surface area contributed by atoms with Crippen molar-refractivity contribution in [1.82, 2.24) is 4.98 Å². The van der Waals surface area contributed by atoms with Gasteiger partial charge in [0, 0.05) is 44.8 Å². The number of amides is 1. The fourth-order valence-electron chi connectivity index (χ4n) is 2.39. The molecule has 148 valence electrons. The molecule has 0 aliphatic carbocycles. The first-order valence-electron chi connectivity index (χ1n) is 8.12. The minimum absolute atomic E-state index is 0.0633. The van der Waals surface area contributed by atoms with E-state index in [4.69, 9.17) is 5.11 Å². The number of anilines is 2. The Morgan fingerprint density at radius 1 is 1.21 bits per heavy atom. The van der Waals surface area contributed by atoms with E-state index in [2.05, 4.69) is 26.9 Å². The Kier molecular flexibility index (Phi) is 6.86. The summed E-state index contributed by atoms with van der Waals surface area (Å²) >= 11 is 2.90. The molecule has 0 saturated carbocycles. The average Bonchev–Trinajstić information content (AvgIpc) is 3.14. The van der Waals surface area contributed by atoms with E-state index < -0.39 is 10.0 Å². The van der Waals surface area contributed by atoms with E-state index in [-0.39, 0.29) is 15.4 Å². The van der Waals surface area contributed by atoms with E-state index >= 15 is 0 Å². The van der Waals surface area contributed by atoms with E-state index in [1.165, 1.54) is 23.5 Å². The fourth-order valence-corrected chi connectivity index (χ4v) is 4.63. The van der Waals surface area contributed by atoms with E-state index in [1.807, 2.05) is 0 Å². The predicted octanol–water partition coefficient (Wildman–Crippen LogP) is 3.92. The molecule has 3 rings (SSSR count). The second kappa shape index (κ2) is 9.36. The highest BCUT2D eigenvalue weighted by Gasteiger charge is 2.15. The molecule has 29 heavy (non-hydrogen) atoms. The predicted molar refractivity (Wildman–Crippen MR) is 122 cm³/mol. The third-order valence-corrected chi connectivity index (χ3v) is 5.98. The number of hydrogen-bond acceptors (Lipinski definition) is 6. The summed E-state index contributed by atoms with van der Waals surface area (Å²) in [6, 6.07) is 13.0. The van der Waals surface area contributed by atoms with Crippen LogP contribution in [0.1, 0.15) is 5.56 Å². The van der Waals surface area contributed by atoms with Crippen molar-refractivity contribution in [2.24, 2.45) is 0 Å². The van der Waals surface area contributed by atoms with Crippen LogP contribution in [-0.4, -0.2) is 29.0 Å². The summed E-state index contributed by atoms with van der Waals surface area (Å²) in [6.45, 7) is -0.304. The van der Waals surface area contributed by atoms with Crippen LogP contribution in [0.25, 0.3) is 11.3 Å². The molecule has 0 aliphatic rings. The van der Waals surface area contributed by atoms with Crippen LogP contribution in [0, 0.1) is 11.8 Å². The molecule has 0 bridgehead atoms. The van der Waals surface area contributed by atoms with Gasteiger partial charge < -0.3 is 5.11 Å². The summed E-state index contributed by atoms with van der Waals surface area (Å²) in [5, 5.41) is 13.6. The fraction of sp³-hybridized carbons (Fsp3) is 0.0526. The average molecular weight is 539 g/mol. The van der Waals surface area contributed by atoms with Gasteiger partial charge in [-0.3, -0.25) is 14.8 Å². The largest absolute Gasteiger partial charge is 0.384 e. The highest BCUT2D eigenvalue weighted by molar-refractivity contribution is 14.1. The van der Waals surface area contributed by atoms with Gasteiger partial charge in [-0.15, -0.1) is 11.3 Å². The summed E-state index contributed by atoms with van der Waals surface area (Å²) in [4.78, 5) is 15.5. The number of hydrogen-bond donors (Lipinski definition) is 3. The van der Waals surface area contributed by atoms with Gasteiger partial charge in [0.25, 0.3) is 13.9 Å². The molecule has 1 aromatic heterocycles. The van der Waals surface area contributed by atoms with Crippen LogP contribution in [0.4, 0.5) is 15.6 Å². The lowest BCUT2D eigenvalue weighted by Crippen LogP contribution is -2.13. The Balaban J connectivity index is 1.84. The normalized spacial score (nSPS) is 10.7. The second-order valence-corrected chi connectivity index (χ2v) is 9.13. The van der Waals surface area contributed by atoms with E-state index in [0.29, 0.717) is 27.6 Å². The molecule has 1 amide bonds. The van der Waals surface area contributed by atoms with Gasteiger partial charge in [0.15, 0.2) is 5.13 Å². The molecule has 10 heteroatoms. The summed E-state index contributed by atoms with van der Waals surface area (Å²) in [6.07, 6.45) is 0. The number of rotatable bonds is 5. The first-order valence-corrected chi connectivity index (χ1v) is 11.6. The van der Waals surface area contributed by atoms with Gasteiger partial charge in [0.2, 0.25) is 0 Å². The van der Waals surface area contributed by atoms with Gasteiger partial charge >= 0.3 is 0 Å². The van der Waals surface area contributed by atoms with Crippen molar-refractivity contribution in [2.75, 3.05) is 16.6 Å². The van der Waals surface area contributed by atoms with E-state index in [0.717, 1.165) is 0 Å². The van der Waals surface area contributed by atoms with Crippen molar-refractivity contribution in [2.45, 2.75) is 4.90 Å². The van der Waals surface area contributed by atoms with Crippen LogP contribution in [0.2, 0.25) is 0 Å². The number of aromatic nitrogens is 1. The van der Waals surface area contributed by atoms with Crippen molar-refractivity contribution in [3.8, 4) is 23.1 Å². The molecular formula is C19H14IN3O4S2. The molecule has 0 unspecified atom stereocenters. The molecule has 7 nitrogen and oxygen atoms in total. The monoisotopic (exact) mass is 539 g/mol. The van der Waals surface area contributed by atoms with Gasteiger partial charge in [0.1, 0.15) is 6.61 Å². The van der Waals surface area contributed by atoms with Gasteiger partial charge in [-0.25, -0.2) is 13.4 Å². The van der Waals surface area contributed by atoms with Crippen molar-refractivity contribution >= 4 is 58.7 Å². The number of halogens is 1. The van der Waals surface area contributed by atoms with Crippen LogP contribution in [0.5, 0.6) is 0 Å². The maximum Gasteiger partial charge on any atom is 0.286 e. The number of carbonyl (C=O) groups is 1. The van der Waals surface area contributed by atoms with Crippen molar-refractivity contribution < 1.29 is 18.3 Å². The Labute approximate surface area is 185 Å². The summed E-state index contributed by atoms with van der Waals surface area (Å²) in [5.41, 5.74) is 2.19. The maximum atomic E-state index is 12.7. The summed E-state index contributed by atoms with van der Waals surface area (Å²) in [5.74, 6) is 5.18. The zero-order valence-electron chi connectivity index (χ0n) is 14.7. The van der Waals surface area contributed by atoms with Gasteiger partial charge in [0.05, 0.1) is 10.6 Å². The topological polar surface area (TPSA) is 108 Å². The Hall–Kier alpha value is -2.46. The Morgan fingerprint density at radius 2 is 2.00 bits per heavy atom. The lowest BCUT2D eigenvalue weighted by atomic mass is 10.1. The highest BCUT2D eigenvalue weighted by atomic mass is 127. The molecule has 3 aromatic rings. The molecule has 0 fully saturated rings. The third kappa shape index (κ3) is 5.77.